The van der Waals surface area contributed by atoms with E-state index in [0.29, 0.717) is 5.92 Å². The third kappa shape index (κ3) is 2.01. The van der Waals surface area contributed by atoms with Crippen molar-refractivity contribution in [2.45, 2.75) is 59.0 Å². The van der Waals surface area contributed by atoms with Gasteiger partial charge in [0, 0.05) is 0 Å². The summed E-state index contributed by atoms with van der Waals surface area (Å²) in [6.45, 7) is 6.58. The predicted molar refractivity (Wildman–Crippen MR) is 52.0 cm³/mol. The molecule has 0 bridgehead atoms. The molecule has 0 aromatic carbocycles. The summed E-state index contributed by atoms with van der Waals surface area (Å²) >= 11 is 0. The number of aliphatic hydroxyl groups excluding tert-OH is 1. The van der Waals surface area contributed by atoms with Gasteiger partial charge in [-0.15, -0.1) is 0 Å². The summed E-state index contributed by atoms with van der Waals surface area (Å²) in [5.74, 6) is 0.603. The highest BCUT2D eigenvalue weighted by molar-refractivity contribution is 4.86. The second-order valence-corrected chi connectivity index (χ2v) is 4.87. The van der Waals surface area contributed by atoms with Gasteiger partial charge in [-0.25, -0.2) is 0 Å². The summed E-state index contributed by atoms with van der Waals surface area (Å²) < 4.78 is 0. The average Bonchev–Trinajstić information content (AvgIpc) is 1.83. The monoisotopic (exact) mass is 170 g/mol. The zero-order valence-corrected chi connectivity index (χ0v) is 8.64. The van der Waals surface area contributed by atoms with Gasteiger partial charge in [0.2, 0.25) is 0 Å². The predicted octanol–water partition coefficient (Wildman–Crippen LogP) is 2.97. The average molecular weight is 170 g/mol. The van der Waals surface area contributed by atoms with Crippen molar-refractivity contribution in [1.29, 1.82) is 0 Å². The lowest BCUT2D eigenvalue weighted by Crippen LogP contribution is -2.39. The molecule has 0 aromatic heterocycles. The first-order valence-electron chi connectivity index (χ1n) is 5.26. The number of hydrogen-bond donors (Lipinski definition) is 1. The molecule has 72 valence electrons. The van der Waals surface area contributed by atoms with Crippen molar-refractivity contribution in [3.8, 4) is 0 Å². The highest BCUT2D eigenvalue weighted by atomic mass is 16.3. The highest BCUT2D eigenvalue weighted by Crippen LogP contribution is 2.39. The zero-order chi connectivity index (χ0) is 9.19. The van der Waals surface area contributed by atoms with Crippen LogP contribution in [0.2, 0.25) is 0 Å². The standard InChI is InChI=1S/C11H22O/c1-4-8-11(2,3)10(12)9-6-5-7-9/h9-10,12H,4-8H2,1-3H3. The molecule has 1 nitrogen and oxygen atoms in total. The third-order valence-corrected chi connectivity index (χ3v) is 3.29. The largest absolute Gasteiger partial charge is 0.392 e. The van der Waals surface area contributed by atoms with Crippen LogP contribution < -0.4 is 0 Å². The van der Waals surface area contributed by atoms with Gasteiger partial charge in [-0.05, 0) is 30.6 Å². The molecule has 0 heterocycles. The molecule has 1 saturated carbocycles. The normalized spacial score (nSPS) is 22.0. The second kappa shape index (κ2) is 3.78. The van der Waals surface area contributed by atoms with Gasteiger partial charge in [0.05, 0.1) is 6.10 Å². The lowest BCUT2D eigenvalue weighted by atomic mass is 9.69. The van der Waals surface area contributed by atoms with E-state index in [1.54, 1.807) is 0 Å². The van der Waals surface area contributed by atoms with Gasteiger partial charge < -0.3 is 5.11 Å². The minimum Gasteiger partial charge on any atom is -0.392 e. The van der Waals surface area contributed by atoms with Crippen molar-refractivity contribution in [2.75, 3.05) is 0 Å². The van der Waals surface area contributed by atoms with E-state index in [0.717, 1.165) is 6.42 Å². The summed E-state index contributed by atoms with van der Waals surface area (Å²) in [5, 5.41) is 10.0. The lowest BCUT2D eigenvalue weighted by molar-refractivity contribution is -0.0313. The van der Waals surface area contributed by atoms with Crippen molar-refractivity contribution in [3.63, 3.8) is 0 Å². The van der Waals surface area contributed by atoms with E-state index in [1.807, 2.05) is 0 Å². The van der Waals surface area contributed by atoms with E-state index >= 15 is 0 Å². The van der Waals surface area contributed by atoms with Crippen LogP contribution in [0.5, 0.6) is 0 Å². The molecular weight excluding hydrogens is 148 g/mol. The Hall–Kier alpha value is -0.0400. The Balaban J connectivity index is 2.41. The van der Waals surface area contributed by atoms with Crippen LogP contribution >= 0.6 is 0 Å². The van der Waals surface area contributed by atoms with Gasteiger partial charge in [-0.2, -0.15) is 0 Å². The van der Waals surface area contributed by atoms with Gasteiger partial charge in [0.1, 0.15) is 0 Å². The van der Waals surface area contributed by atoms with E-state index in [9.17, 15) is 5.11 Å². The van der Waals surface area contributed by atoms with Crippen molar-refractivity contribution < 1.29 is 5.11 Å². The third-order valence-electron chi connectivity index (χ3n) is 3.29. The van der Waals surface area contributed by atoms with Crippen LogP contribution in [-0.4, -0.2) is 11.2 Å². The Morgan fingerprint density at radius 1 is 1.42 bits per heavy atom. The molecule has 1 heteroatoms. The Bertz CT molecular complexity index is 136. The summed E-state index contributed by atoms with van der Waals surface area (Å²) in [6.07, 6.45) is 6.07. The lowest BCUT2D eigenvalue weighted by Gasteiger charge is -2.40. The molecule has 12 heavy (non-hydrogen) atoms. The fourth-order valence-electron chi connectivity index (χ4n) is 2.19. The molecule has 0 saturated heterocycles. The quantitative estimate of drug-likeness (QED) is 0.687. The van der Waals surface area contributed by atoms with Crippen LogP contribution in [0.15, 0.2) is 0 Å². The Kier molecular flexibility index (Phi) is 3.16. The molecule has 0 spiro atoms. The van der Waals surface area contributed by atoms with E-state index in [1.165, 1.54) is 25.7 Å². The van der Waals surface area contributed by atoms with Crippen molar-refractivity contribution >= 4 is 0 Å². The summed E-state index contributed by atoms with van der Waals surface area (Å²) in [4.78, 5) is 0. The molecule has 1 rings (SSSR count). The fraction of sp³-hybridized carbons (Fsp3) is 1.00. The molecule has 1 N–H and O–H groups in total. The zero-order valence-electron chi connectivity index (χ0n) is 8.64. The van der Waals surface area contributed by atoms with Crippen LogP contribution in [-0.2, 0) is 0 Å². The van der Waals surface area contributed by atoms with Gasteiger partial charge in [0.15, 0.2) is 0 Å². The van der Waals surface area contributed by atoms with Crippen LogP contribution in [0.25, 0.3) is 0 Å². The SMILES string of the molecule is CCCC(C)(C)C(O)C1CCC1. The smallest absolute Gasteiger partial charge is 0.0619 e. The molecule has 0 aromatic rings. The van der Waals surface area contributed by atoms with Crippen LogP contribution in [0, 0.1) is 11.3 Å². The van der Waals surface area contributed by atoms with E-state index in [-0.39, 0.29) is 11.5 Å². The van der Waals surface area contributed by atoms with Gasteiger partial charge in [-0.1, -0.05) is 33.6 Å². The molecule has 1 unspecified atom stereocenters. The van der Waals surface area contributed by atoms with Crippen LogP contribution in [0.4, 0.5) is 0 Å². The van der Waals surface area contributed by atoms with Crippen molar-refractivity contribution in [3.05, 3.63) is 0 Å². The van der Waals surface area contributed by atoms with E-state index in [4.69, 9.17) is 0 Å². The highest BCUT2D eigenvalue weighted by Gasteiger charge is 2.36. The first-order valence-corrected chi connectivity index (χ1v) is 5.26. The minimum atomic E-state index is -0.0637. The second-order valence-electron chi connectivity index (χ2n) is 4.87. The summed E-state index contributed by atoms with van der Waals surface area (Å²) in [5.41, 5.74) is 0.139. The van der Waals surface area contributed by atoms with Gasteiger partial charge in [-0.3, -0.25) is 0 Å². The Morgan fingerprint density at radius 2 is 2.00 bits per heavy atom. The molecule has 1 aliphatic carbocycles. The molecule has 1 fully saturated rings. The topological polar surface area (TPSA) is 20.2 Å². The maximum atomic E-state index is 10.0. The van der Waals surface area contributed by atoms with E-state index < -0.39 is 0 Å². The molecule has 1 atom stereocenters. The fourth-order valence-corrected chi connectivity index (χ4v) is 2.19. The molecule has 0 radical (unpaired) electrons. The summed E-state index contributed by atoms with van der Waals surface area (Å²) in [6, 6.07) is 0. The van der Waals surface area contributed by atoms with Crippen molar-refractivity contribution in [2.24, 2.45) is 11.3 Å². The molecule has 0 aliphatic heterocycles. The minimum absolute atomic E-state index is 0.0637. The first-order chi connectivity index (χ1) is 5.58. The van der Waals surface area contributed by atoms with E-state index in [2.05, 4.69) is 20.8 Å². The van der Waals surface area contributed by atoms with Crippen LogP contribution in [0.1, 0.15) is 52.9 Å². The number of hydrogen-bond acceptors (Lipinski definition) is 1. The number of rotatable bonds is 4. The molecular formula is C11H22O. The maximum absolute atomic E-state index is 10.0. The van der Waals surface area contributed by atoms with Gasteiger partial charge >= 0.3 is 0 Å². The Labute approximate surface area is 76.2 Å². The molecule has 1 aliphatic rings. The van der Waals surface area contributed by atoms with Crippen molar-refractivity contribution in [1.82, 2.24) is 0 Å². The van der Waals surface area contributed by atoms with Crippen LogP contribution in [0.3, 0.4) is 0 Å². The van der Waals surface area contributed by atoms with Gasteiger partial charge in [0.25, 0.3) is 0 Å². The number of aliphatic hydroxyl groups is 1. The first kappa shape index (κ1) is 10.0. The summed E-state index contributed by atoms with van der Waals surface area (Å²) in [7, 11) is 0. The maximum Gasteiger partial charge on any atom is 0.0619 e. The molecule has 0 amide bonds. The Morgan fingerprint density at radius 3 is 2.33 bits per heavy atom.